The van der Waals surface area contributed by atoms with E-state index in [2.05, 4.69) is 17.0 Å². The number of nitrogens with zero attached hydrogens (tertiary/aromatic N) is 1. The van der Waals surface area contributed by atoms with Gasteiger partial charge in [0.25, 0.3) is 0 Å². The molecule has 4 rings (SSSR count). The van der Waals surface area contributed by atoms with Crippen molar-refractivity contribution in [2.75, 3.05) is 18.0 Å². The fourth-order valence-corrected chi connectivity index (χ4v) is 3.80. The summed E-state index contributed by atoms with van der Waals surface area (Å²) in [7, 11) is 0. The third-order valence-electron chi connectivity index (χ3n) is 4.84. The molecule has 116 valence electrons. The van der Waals surface area contributed by atoms with Crippen molar-refractivity contribution in [3.63, 3.8) is 0 Å². The number of ketones is 1. The van der Waals surface area contributed by atoms with Gasteiger partial charge in [0.2, 0.25) is 0 Å². The first-order chi connectivity index (χ1) is 11.3. The van der Waals surface area contributed by atoms with Crippen LogP contribution in [0.1, 0.15) is 39.9 Å². The molecule has 0 amide bonds. The Kier molecular flexibility index (Phi) is 3.74. The molecule has 0 unspecified atom stereocenters. The van der Waals surface area contributed by atoms with Gasteiger partial charge in [-0.2, -0.15) is 0 Å². The standard InChI is InChI=1S/C21H21NO/c23-20(17-6-2-1-3-7-17)11-10-16-14-18-8-4-12-22-13-5-9-19(15-16)21(18)22/h1-3,6-7,10-11,14-15H,4-5,8-9,12-13H2/b11-10+. The van der Waals surface area contributed by atoms with Crippen LogP contribution in [0.2, 0.25) is 0 Å². The second-order valence-corrected chi connectivity index (χ2v) is 6.45. The summed E-state index contributed by atoms with van der Waals surface area (Å²) in [6, 6.07) is 14.0. The maximum atomic E-state index is 12.2. The van der Waals surface area contributed by atoms with Crippen molar-refractivity contribution >= 4 is 17.5 Å². The lowest BCUT2D eigenvalue weighted by molar-refractivity contribution is 0.104. The summed E-state index contributed by atoms with van der Waals surface area (Å²) in [5.41, 5.74) is 6.30. The number of aryl methyl sites for hydroxylation is 2. The number of anilines is 1. The normalized spacial score (nSPS) is 16.4. The van der Waals surface area contributed by atoms with Gasteiger partial charge in [0.15, 0.2) is 5.78 Å². The number of rotatable bonds is 3. The van der Waals surface area contributed by atoms with Gasteiger partial charge in [0.05, 0.1) is 0 Å². The van der Waals surface area contributed by atoms with Crippen LogP contribution >= 0.6 is 0 Å². The molecule has 2 aliphatic heterocycles. The number of allylic oxidation sites excluding steroid dienone is 1. The zero-order valence-corrected chi connectivity index (χ0v) is 13.3. The van der Waals surface area contributed by atoms with Crippen LogP contribution in [-0.2, 0) is 12.8 Å². The Balaban J connectivity index is 1.63. The zero-order chi connectivity index (χ0) is 15.6. The van der Waals surface area contributed by atoms with Gasteiger partial charge in [-0.1, -0.05) is 36.4 Å². The van der Waals surface area contributed by atoms with Crippen molar-refractivity contribution in [1.82, 2.24) is 0 Å². The summed E-state index contributed by atoms with van der Waals surface area (Å²) in [5, 5.41) is 0. The molecule has 0 spiro atoms. The van der Waals surface area contributed by atoms with E-state index in [9.17, 15) is 4.79 Å². The first-order valence-corrected chi connectivity index (χ1v) is 8.49. The Bertz CT molecular complexity index is 730. The van der Waals surface area contributed by atoms with Crippen LogP contribution in [0, 0.1) is 0 Å². The first kappa shape index (κ1) is 14.3. The van der Waals surface area contributed by atoms with E-state index in [1.165, 1.54) is 42.7 Å². The molecule has 2 heterocycles. The molecule has 0 N–H and O–H groups in total. The maximum Gasteiger partial charge on any atom is 0.185 e. The molecule has 2 aromatic rings. The monoisotopic (exact) mass is 303 g/mol. The Morgan fingerprint density at radius 2 is 1.61 bits per heavy atom. The van der Waals surface area contributed by atoms with Crippen molar-refractivity contribution in [2.24, 2.45) is 0 Å². The van der Waals surface area contributed by atoms with Crippen LogP contribution < -0.4 is 4.90 Å². The Morgan fingerprint density at radius 1 is 0.957 bits per heavy atom. The van der Waals surface area contributed by atoms with Crippen molar-refractivity contribution in [1.29, 1.82) is 0 Å². The molecule has 0 saturated carbocycles. The van der Waals surface area contributed by atoms with Gasteiger partial charge < -0.3 is 4.90 Å². The highest BCUT2D eigenvalue weighted by atomic mass is 16.1. The predicted molar refractivity (Wildman–Crippen MR) is 95.1 cm³/mol. The number of carbonyl (C=O) groups is 1. The van der Waals surface area contributed by atoms with Crippen LogP contribution in [0.15, 0.2) is 48.5 Å². The summed E-state index contributed by atoms with van der Waals surface area (Å²) in [4.78, 5) is 14.8. The molecule has 0 aromatic heterocycles. The van der Waals surface area contributed by atoms with E-state index >= 15 is 0 Å². The molecule has 0 saturated heterocycles. The molecule has 0 atom stereocenters. The summed E-state index contributed by atoms with van der Waals surface area (Å²) < 4.78 is 0. The van der Waals surface area contributed by atoms with Crippen LogP contribution in [-0.4, -0.2) is 18.9 Å². The molecule has 0 fully saturated rings. The van der Waals surface area contributed by atoms with E-state index in [0.29, 0.717) is 0 Å². The average Bonchev–Trinajstić information content (AvgIpc) is 2.61. The highest BCUT2D eigenvalue weighted by Gasteiger charge is 2.23. The largest absolute Gasteiger partial charge is 0.371 e. The van der Waals surface area contributed by atoms with E-state index in [0.717, 1.165) is 24.0 Å². The van der Waals surface area contributed by atoms with Gasteiger partial charge in [0.1, 0.15) is 0 Å². The van der Waals surface area contributed by atoms with Crippen LogP contribution in [0.25, 0.3) is 6.08 Å². The predicted octanol–water partition coefficient (Wildman–Crippen LogP) is 4.28. The van der Waals surface area contributed by atoms with Crippen molar-refractivity contribution < 1.29 is 4.79 Å². The van der Waals surface area contributed by atoms with E-state index in [1.54, 1.807) is 6.08 Å². The number of hydrogen-bond donors (Lipinski definition) is 0. The van der Waals surface area contributed by atoms with Gasteiger partial charge in [-0.3, -0.25) is 4.79 Å². The minimum absolute atomic E-state index is 0.0681. The minimum Gasteiger partial charge on any atom is -0.371 e. The lowest BCUT2D eigenvalue weighted by Crippen LogP contribution is -2.34. The summed E-state index contributed by atoms with van der Waals surface area (Å²) in [6.07, 6.45) is 8.47. The molecule has 2 aliphatic rings. The molecule has 0 aliphatic carbocycles. The topological polar surface area (TPSA) is 20.3 Å². The van der Waals surface area contributed by atoms with Crippen molar-refractivity contribution in [3.05, 3.63) is 70.8 Å². The summed E-state index contributed by atoms with van der Waals surface area (Å²) in [6.45, 7) is 2.39. The van der Waals surface area contributed by atoms with Gasteiger partial charge in [-0.15, -0.1) is 0 Å². The maximum absolute atomic E-state index is 12.2. The number of hydrogen-bond acceptors (Lipinski definition) is 2. The smallest absolute Gasteiger partial charge is 0.185 e. The van der Waals surface area contributed by atoms with Gasteiger partial charge >= 0.3 is 0 Å². The SMILES string of the molecule is O=C(/C=C/c1cc2c3c(c1)CCCN3CCC2)c1ccccc1. The number of benzene rings is 2. The van der Waals surface area contributed by atoms with E-state index in [1.807, 2.05) is 36.4 Å². The van der Waals surface area contributed by atoms with Crippen LogP contribution in [0.5, 0.6) is 0 Å². The second kappa shape index (κ2) is 6.04. The molecular weight excluding hydrogens is 282 g/mol. The lowest BCUT2D eigenvalue weighted by Gasteiger charge is -2.37. The second-order valence-electron chi connectivity index (χ2n) is 6.45. The molecule has 2 aromatic carbocycles. The van der Waals surface area contributed by atoms with Crippen molar-refractivity contribution in [2.45, 2.75) is 25.7 Å². The molecule has 2 heteroatoms. The molecule has 0 radical (unpaired) electrons. The van der Waals surface area contributed by atoms with E-state index in [-0.39, 0.29) is 5.78 Å². The fraction of sp³-hybridized carbons (Fsp3) is 0.286. The van der Waals surface area contributed by atoms with Gasteiger partial charge in [-0.25, -0.2) is 0 Å². The Hall–Kier alpha value is -2.35. The van der Waals surface area contributed by atoms with E-state index in [4.69, 9.17) is 0 Å². The fourth-order valence-electron chi connectivity index (χ4n) is 3.80. The quantitative estimate of drug-likeness (QED) is 0.623. The Labute approximate surface area is 137 Å². The molecule has 23 heavy (non-hydrogen) atoms. The molecule has 2 nitrogen and oxygen atoms in total. The van der Waals surface area contributed by atoms with E-state index < -0.39 is 0 Å². The third-order valence-corrected chi connectivity index (χ3v) is 4.84. The number of carbonyl (C=O) groups excluding carboxylic acids is 1. The van der Waals surface area contributed by atoms with Gasteiger partial charge in [-0.05, 0) is 60.6 Å². The highest BCUT2D eigenvalue weighted by molar-refractivity contribution is 6.06. The van der Waals surface area contributed by atoms with Gasteiger partial charge in [0, 0.05) is 24.3 Å². The highest BCUT2D eigenvalue weighted by Crippen LogP contribution is 2.36. The summed E-state index contributed by atoms with van der Waals surface area (Å²) >= 11 is 0. The average molecular weight is 303 g/mol. The van der Waals surface area contributed by atoms with Crippen molar-refractivity contribution in [3.8, 4) is 0 Å². The Morgan fingerprint density at radius 3 is 2.26 bits per heavy atom. The van der Waals surface area contributed by atoms with Crippen LogP contribution in [0.3, 0.4) is 0 Å². The first-order valence-electron chi connectivity index (χ1n) is 8.49. The molecule has 0 bridgehead atoms. The lowest BCUT2D eigenvalue weighted by atomic mass is 9.90. The zero-order valence-electron chi connectivity index (χ0n) is 13.3. The summed E-state index contributed by atoms with van der Waals surface area (Å²) in [5.74, 6) is 0.0681. The third kappa shape index (κ3) is 2.81. The van der Waals surface area contributed by atoms with Crippen LogP contribution in [0.4, 0.5) is 5.69 Å². The minimum atomic E-state index is 0.0681. The molecular formula is C21H21NO.